The molecule has 0 amide bonds. The van der Waals surface area contributed by atoms with E-state index in [-0.39, 0.29) is 13.2 Å². The number of hydrogen-bond donors (Lipinski definition) is 1. The highest BCUT2D eigenvalue weighted by atomic mass is 32.2. The summed E-state index contributed by atoms with van der Waals surface area (Å²) < 4.78 is 51.5. The summed E-state index contributed by atoms with van der Waals surface area (Å²) in [5.74, 6) is -1.98. The molecule has 1 rings (SSSR count). The Bertz CT molecular complexity index is 517. The molecule has 0 aliphatic carbocycles. The Morgan fingerprint density at radius 2 is 1.94 bits per heavy atom. The monoisotopic (exact) mass is 279 g/mol. The maximum atomic E-state index is 13.5. The highest BCUT2D eigenvalue weighted by Gasteiger charge is 2.29. The summed E-state index contributed by atoms with van der Waals surface area (Å²) in [6.07, 6.45) is 0. The number of aliphatic hydroxyl groups is 1. The zero-order valence-corrected chi connectivity index (χ0v) is 10.9. The first kappa shape index (κ1) is 15.0. The van der Waals surface area contributed by atoms with Crippen LogP contribution in [0.15, 0.2) is 23.1 Å². The molecule has 0 unspecified atom stereocenters. The van der Waals surface area contributed by atoms with Crippen molar-refractivity contribution in [1.29, 1.82) is 0 Å². The van der Waals surface area contributed by atoms with Crippen molar-refractivity contribution in [3.05, 3.63) is 29.8 Å². The number of nitrogens with zero attached hydrogens (tertiary/aromatic N) is 1. The van der Waals surface area contributed by atoms with Crippen LogP contribution in [-0.2, 0) is 10.0 Å². The van der Waals surface area contributed by atoms with Gasteiger partial charge in [0, 0.05) is 18.7 Å². The van der Waals surface area contributed by atoms with Gasteiger partial charge < -0.3 is 5.11 Å². The fraction of sp³-hybridized carbons (Fsp3) is 0.455. The minimum Gasteiger partial charge on any atom is -0.395 e. The molecule has 102 valence electrons. The molecule has 0 saturated heterocycles. The molecule has 0 fully saturated rings. The minimum absolute atomic E-state index is 0.142. The van der Waals surface area contributed by atoms with Gasteiger partial charge in [0.25, 0.3) is 0 Å². The maximum absolute atomic E-state index is 13.5. The number of aliphatic hydroxyl groups excluding tert-OH is 1. The van der Waals surface area contributed by atoms with Crippen molar-refractivity contribution in [2.24, 2.45) is 0 Å². The Morgan fingerprint density at radius 1 is 1.33 bits per heavy atom. The Labute approximate surface area is 105 Å². The van der Waals surface area contributed by atoms with Crippen LogP contribution in [0.3, 0.4) is 0 Å². The van der Waals surface area contributed by atoms with Crippen molar-refractivity contribution >= 4 is 10.0 Å². The van der Waals surface area contributed by atoms with Crippen molar-refractivity contribution in [3.63, 3.8) is 0 Å². The van der Waals surface area contributed by atoms with Gasteiger partial charge in [-0.3, -0.25) is 0 Å². The van der Waals surface area contributed by atoms with Crippen LogP contribution in [-0.4, -0.2) is 37.0 Å². The lowest BCUT2D eigenvalue weighted by Crippen LogP contribution is -2.39. The number of hydrogen-bond acceptors (Lipinski definition) is 3. The quantitative estimate of drug-likeness (QED) is 0.885. The Hall–Kier alpha value is -1.05. The number of benzene rings is 1. The molecule has 7 heteroatoms. The fourth-order valence-electron chi connectivity index (χ4n) is 1.57. The summed E-state index contributed by atoms with van der Waals surface area (Å²) in [7, 11) is -4.08. The molecule has 0 spiro atoms. The van der Waals surface area contributed by atoms with E-state index in [2.05, 4.69) is 0 Å². The van der Waals surface area contributed by atoms with Gasteiger partial charge in [0.15, 0.2) is 0 Å². The summed E-state index contributed by atoms with van der Waals surface area (Å²) in [6, 6.07) is 1.84. The van der Waals surface area contributed by atoms with Crippen molar-refractivity contribution in [2.75, 3.05) is 13.2 Å². The van der Waals surface area contributed by atoms with Gasteiger partial charge >= 0.3 is 0 Å². The van der Waals surface area contributed by atoms with Crippen molar-refractivity contribution in [1.82, 2.24) is 4.31 Å². The standard InChI is InChI=1S/C11H15F2NO3S/c1-8(2)14(5-6-15)18(16,17)11-4-3-9(12)7-10(11)13/h3-4,7-8,15H,5-6H2,1-2H3. The molecule has 0 atom stereocenters. The van der Waals surface area contributed by atoms with E-state index in [1.807, 2.05) is 0 Å². The lowest BCUT2D eigenvalue weighted by molar-refractivity contribution is 0.236. The van der Waals surface area contributed by atoms with Crippen molar-refractivity contribution < 1.29 is 22.3 Å². The molecule has 0 heterocycles. The molecule has 1 aromatic rings. The van der Waals surface area contributed by atoms with Gasteiger partial charge in [-0.15, -0.1) is 0 Å². The lowest BCUT2D eigenvalue weighted by atomic mass is 10.3. The molecular weight excluding hydrogens is 264 g/mol. The zero-order chi connectivity index (χ0) is 13.9. The molecule has 1 N–H and O–H groups in total. The van der Waals surface area contributed by atoms with E-state index in [0.29, 0.717) is 6.07 Å². The van der Waals surface area contributed by atoms with E-state index >= 15 is 0 Å². The topological polar surface area (TPSA) is 57.6 Å². The number of halogens is 2. The summed E-state index contributed by atoms with van der Waals surface area (Å²) in [6.45, 7) is 2.69. The maximum Gasteiger partial charge on any atom is 0.246 e. The van der Waals surface area contributed by atoms with Crippen LogP contribution in [0.5, 0.6) is 0 Å². The fourth-order valence-corrected chi connectivity index (χ4v) is 3.24. The van der Waals surface area contributed by atoms with E-state index in [9.17, 15) is 17.2 Å². The zero-order valence-electron chi connectivity index (χ0n) is 10.1. The van der Waals surface area contributed by atoms with Crippen LogP contribution in [0.25, 0.3) is 0 Å². The predicted octanol–water partition coefficient (Wildman–Crippen LogP) is 1.36. The average molecular weight is 279 g/mol. The van der Waals surface area contributed by atoms with Crippen LogP contribution >= 0.6 is 0 Å². The molecule has 0 aromatic heterocycles. The Morgan fingerprint density at radius 3 is 2.39 bits per heavy atom. The summed E-state index contributed by atoms with van der Waals surface area (Å²) in [4.78, 5) is -0.592. The van der Waals surface area contributed by atoms with Gasteiger partial charge in [0.2, 0.25) is 10.0 Å². The Kier molecular flexibility index (Phi) is 4.78. The van der Waals surface area contributed by atoms with Crippen molar-refractivity contribution in [3.8, 4) is 0 Å². The van der Waals surface area contributed by atoms with Crippen LogP contribution < -0.4 is 0 Å². The highest BCUT2D eigenvalue weighted by Crippen LogP contribution is 2.21. The molecule has 0 radical (unpaired) electrons. The first-order valence-corrected chi connectivity index (χ1v) is 6.82. The number of rotatable bonds is 5. The summed E-state index contributed by atoms with van der Waals surface area (Å²) in [5.41, 5.74) is 0. The molecule has 18 heavy (non-hydrogen) atoms. The molecule has 0 aliphatic rings. The van der Waals surface area contributed by atoms with Gasteiger partial charge in [-0.25, -0.2) is 17.2 Å². The van der Waals surface area contributed by atoms with E-state index in [4.69, 9.17) is 5.11 Å². The van der Waals surface area contributed by atoms with Gasteiger partial charge in [0.1, 0.15) is 16.5 Å². The van der Waals surface area contributed by atoms with E-state index in [1.165, 1.54) is 0 Å². The van der Waals surface area contributed by atoms with Gasteiger partial charge in [-0.05, 0) is 26.0 Å². The van der Waals surface area contributed by atoms with Gasteiger partial charge in [-0.1, -0.05) is 0 Å². The second-order valence-electron chi connectivity index (χ2n) is 4.01. The third-order valence-electron chi connectivity index (χ3n) is 2.38. The molecule has 1 aromatic carbocycles. The van der Waals surface area contributed by atoms with Crippen molar-refractivity contribution in [2.45, 2.75) is 24.8 Å². The smallest absolute Gasteiger partial charge is 0.246 e. The second kappa shape index (κ2) is 5.73. The van der Waals surface area contributed by atoms with Crippen LogP contribution in [0.1, 0.15) is 13.8 Å². The largest absolute Gasteiger partial charge is 0.395 e. The Balaban J connectivity index is 3.26. The SMILES string of the molecule is CC(C)N(CCO)S(=O)(=O)c1ccc(F)cc1F. The first-order chi connectivity index (χ1) is 8.30. The molecule has 0 aliphatic heterocycles. The first-order valence-electron chi connectivity index (χ1n) is 5.38. The third-order valence-corrected chi connectivity index (χ3v) is 4.49. The number of sulfonamides is 1. The molecule has 4 nitrogen and oxygen atoms in total. The van der Waals surface area contributed by atoms with Gasteiger partial charge in [0.05, 0.1) is 6.61 Å². The van der Waals surface area contributed by atoms with Crippen LogP contribution in [0.2, 0.25) is 0 Å². The molecule has 0 bridgehead atoms. The molecule has 0 saturated carbocycles. The molecular formula is C11H15F2NO3S. The van der Waals surface area contributed by atoms with Crippen LogP contribution in [0.4, 0.5) is 8.78 Å². The summed E-state index contributed by atoms with van der Waals surface area (Å²) in [5, 5.41) is 8.85. The van der Waals surface area contributed by atoms with Gasteiger partial charge in [-0.2, -0.15) is 4.31 Å². The van der Waals surface area contributed by atoms with E-state index in [0.717, 1.165) is 16.4 Å². The normalized spacial score (nSPS) is 12.4. The lowest BCUT2D eigenvalue weighted by Gasteiger charge is -2.25. The average Bonchev–Trinajstić information content (AvgIpc) is 2.24. The highest BCUT2D eigenvalue weighted by molar-refractivity contribution is 7.89. The second-order valence-corrected chi connectivity index (χ2v) is 5.87. The summed E-state index contributed by atoms with van der Waals surface area (Å²) >= 11 is 0. The van der Waals surface area contributed by atoms with E-state index < -0.39 is 32.6 Å². The van der Waals surface area contributed by atoms with Crippen LogP contribution in [0, 0.1) is 11.6 Å². The predicted molar refractivity (Wildman–Crippen MR) is 62.5 cm³/mol. The van der Waals surface area contributed by atoms with E-state index in [1.54, 1.807) is 13.8 Å². The minimum atomic E-state index is -4.08. The third kappa shape index (κ3) is 3.04.